The topological polar surface area (TPSA) is 78.9 Å². The van der Waals surface area contributed by atoms with Crippen LogP contribution in [-0.2, 0) is 0 Å². The van der Waals surface area contributed by atoms with Crippen molar-refractivity contribution in [2.24, 2.45) is 16.8 Å². The Balaban J connectivity index is 2.96. The van der Waals surface area contributed by atoms with Gasteiger partial charge in [-0.3, -0.25) is 4.79 Å². The highest BCUT2D eigenvalue weighted by Crippen LogP contribution is 2.17. The lowest BCUT2D eigenvalue weighted by molar-refractivity contribution is 0.0776. The molecule has 0 aliphatic carbocycles. The van der Waals surface area contributed by atoms with Crippen molar-refractivity contribution in [3.63, 3.8) is 0 Å². The van der Waals surface area contributed by atoms with E-state index in [0.29, 0.717) is 12.1 Å². The molecule has 1 aromatic rings. The molecule has 0 aliphatic rings. The summed E-state index contributed by atoms with van der Waals surface area (Å²) in [5.41, 5.74) is 4.50. The first kappa shape index (κ1) is 15.8. The average molecular weight is 289 g/mol. The van der Waals surface area contributed by atoms with Crippen molar-refractivity contribution in [3.8, 4) is 0 Å². The second-order valence-electron chi connectivity index (χ2n) is 4.36. The van der Waals surface area contributed by atoms with Crippen molar-refractivity contribution in [2.75, 3.05) is 13.6 Å². The molecule has 0 saturated heterocycles. The van der Waals surface area contributed by atoms with Crippen molar-refractivity contribution in [1.82, 2.24) is 4.90 Å². The summed E-state index contributed by atoms with van der Waals surface area (Å²) in [4.78, 5) is 12.9. The van der Waals surface area contributed by atoms with E-state index in [4.69, 9.17) is 10.9 Å². The number of amidine groups is 1. The summed E-state index contributed by atoms with van der Waals surface area (Å²) in [6.45, 7) is 1.54. The van der Waals surface area contributed by atoms with E-state index in [-0.39, 0.29) is 12.4 Å². The Morgan fingerprint density at radius 1 is 1.40 bits per heavy atom. The summed E-state index contributed by atoms with van der Waals surface area (Å²) in [5, 5.41) is 11.3. The van der Waals surface area contributed by atoms with E-state index in [2.05, 4.69) is 5.16 Å². The summed E-state index contributed by atoms with van der Waals surface area (Å²) in [6.07, 6.45) is 0. The van der Waals surface area contributed by atoms with Crippen LogP contribution in [0.5, 0.6) is 0 Å². The number of carbonyl (C=O) groups excluding carboxylic acids is 1. The number of amides is 1. The van der Waals surface area contributed by atoms with Crippen LogP contribution < -0.4 is 5.73 Å². The summed E-state index contributed by atoms with van der Waals surface area (Å²) < 4.78 is 39.7. The number of halogens is 3. The lowest BCUT2D eigenvalue weighted by Crippen LogP contribution is -2.37. The summed E-state index contributed by atoms with van der Waals surface area (Å²) in [7, 11) is 1.30. The zero-order valence-electron chi connectivity index (χ0n) is 10.9. The molecular weight excluding hydrogens is 275 g/mol. The molecule has 1 amide bonds. The van der Waals surface area contributed by atoms with E-state index in [1.54, 1.807) is 6.92 Å². The molecule has 8 heteroatoms. The third-order valence-electron chi connectivity index (χ3n) is 2.74. The average Bonchev–Trinajstić information content (AvgIpc) is 2.36. The summed E-state index contributed by atoms with van der Waals surface area (Å²) in [5.74, 6) is -5.27. The van der Waals surface area contributed by atoms with Crippen LogP contribution in [0.1, 0.15) is 17.3 Å². The van der Waals surface area contributed by atoms with Gasteiger partial charge in [0.05, 0.1) is 0 Å². The summed E-state index contributed by atoms with van der Waals surface area (Å²) in [6, 6.07) is 0.855. The van der Waals surface area contributed by atoms with Gasteiger partial charge in [0, 0.05) is 31.6 Å². The lowest BCUT2D eigenvalue weighted by Gasteiger charge is -2.21. The first-order valence-electron chi connectivity index (χ1n) is 5.65. The number of nitrogens with two attached hydrogens (primary N) is 1. The fourth-order valence-electron chi connectivity index (χ4n) is 1.62. The number of nitrogens with zero attached hydrogens (tertiary/aromatic N) is 2. The quantitative estimate of drug-likeness (QED) is 0.382. The molecule has 0 radical (unpaired) electrons. The van der Waals surface area contributed by atoms with Gasteiger partial charge in [-0.2, -0.15) is 0 Å². The molecule has 0 aliphatic heterocycles. The van der Waals surface area contributed by atoms with Crippen LogP contribution in [0, 0.1) is 23.4 Å². The number of oxime groups is 1. The number of carbonyl (C=O) groups is 1. The number of rotatable bonds is 4. The van der Waals surface area contributed by atoms with Crippen LogP contribution >= 0.6 is 0 Å². The minimum atomic E-state index is -1.28. The Morgan fingerprint density at radius 2 is 1.90 bits per heavy atom. The molecule has 0 saturated carbocycles. The second-order valence-corrected chi connectivity index (χ2v) is 4.36. The maximum atomic E-state index is 13.5. The molecule has 20 heavy (non-hydrogen) atoms. The SMILES string of the molecule is CC(CN(C)C(=O)c1c(F)cc(F)cc1F)C(N)=NO. The molecule has 0 fully saturated rings. The highest BCUT2D eigenvalue weighted by atomic mass is 19.1. The third-order valence-corrected chi connectivity index (χ3v) is 2.74. The molecule has 3 N–H and O–H groups in total. The molecule has 0 aromatic heterocycles. The van der Waals surface area contributed by atoms with Gasteiger partial charge in [-0.15, -0.1) is 0 Å². The van der Waals surface area contributed by atoms with Gasteiger partial charge < -0.3 is 15.8 Å². The number of hydrogen-bond acceptors (Lipinski definition) is 3. The van der Waals surface area contributed by atoms with E-state index in [0.717, 1.165) is 4.90 Å². The lowest BCUT2D eigenvalue weighted by atomic mass is 10.1. The van der Waals surface area contributed by atoms with E-state index < -0.39 is 34.8 Å². The van der Waals surface area contributed by atoms with E-state index in [9.17, 15) is 18.0 Å². The molecule has 0 bridgehead atoms. The molecule has 1 rings (SSSR count). The minimum Gasteiger partial charge on any atom is -0.409 e. The van der Waals surface area contributed by atoms with Gasteiger partial charge in [0.15, 0.2) is 0 Å². The molecule has 0 spiro atoms. The fourth-order valence-corrected chi connectivity index (χ4v) is 1.62. The minimum absolute atomic E-state index is 0.0228. The van der Waals surface area contributed by atoms with Gasteiger partial charge in [0.2, 0.25) is 0 Å². The van der Waals surface area contributed by atoms with Gasteiger partial charge >= 0.3 is 0 Å². The van der Waals surface area contributed by atoms with E-state index in [1.165, 1.54) is 7.05 Å². The molecule has 1 aromatic carbocycles. The Morgan fingerprint density at radius 3 is 2.35 bits per heavy atom. The highest BCUT2D eigenvalue weighted by Gasteiger charge is 2.23. The van der Waals surface area contributed by atoms with Gasteiger partial charge in [0.1, 0.15) is 28.9 Å². The normalized spacial score (nSPS) is 13.2. The van der Waals surface area contributed by atoms with Crippen LogP contribution in [0.3, 0.4) is 0 Å². The van der Waals surface area contributed by atoms with Crippen LogP contribution in [-0.4, -0.2) is 35.4 Å². The first-order valence-corrected chi connectivity index (χ1v) is 5.65. The van der Waals surface area contributed by atoms with Gasteiger partial charge in [-0.05, 0) is 0 Å². The number of hydrogen-bond donors (Lipinski definition) is 2. The molecule has 1 atom stereocenters. The number of benzene rings is 1. The van der Waals surface area contributed by atoms with Crippen molar-refractivity contribution in [1.29, 1.82) is 0 Å². The highest BCUT2D eigenvalue weighted by molar-refractivity contribution is 5.95. The van der Waals surface area contributed by atoms with E-state index in [1.807, 2.05) is 0 Å². The van der Waals surface area contributed by atoms with Crippen LogP contribution in [0.2, 0.25) is 0 Å². The van der Waals surface area contributed by atoms with Crippen molar-refractivity contribution < 1.29 is 23.2 Å². The molecule has 5 nitrogen and oxygen atoms in total. The first-order chi connectivity index (χ1) is 9.27. The zero-order valence-corrected chi connectivity index (χ0v) is 10.9. The molecular formula is C12H14F3N3O2. The van der Waals surface area contributed by atoms with Gasteiger partial charge in [0.25, 0.3) is 5.91 Å². The van der Waals surface area contributed by atoms with Crippen LogP contribution in [0.25, 0.3) is 0 Å². The molecule has 110 valence electrons. The Bertz CT molecular complexity index is 526. The fraction of sp³-hybridized carbons (Fsp3) is 0.333. The maximum absolute atomic E-state index is 13.5. The molecule has 0 heterocycles. The summed E-state index contributed by atoms with van der Waals surface area (Å²) >= 11 is 0. The standard InChI is InChI=1S/C12H14F3N3O2/c1-6(11(16)17-20)5-18(2)12(19)10-8(14)3-7(13)4-9(10)15/h3-4,6,20H,5H2,1-2H3,(H2,16,17). The van der Waals surface area contributed by atoms with Crippen molar-refractivity contribution in [3.05, 3.63) is 35.1 Å². The molecule has 1 unspecified atom stereocenters. The Hall–Kier alpha value is -2.25. The predicted molar refractivity (Wildman–Crippen MR) is 65.8 cm³/mol. The maximum Gasteiger partial charge on any atom is 0.259 e. The monoisotopic (exact) mass is 289 g/mol. The van der Waals surface area contributed by atoms with Crippen LogP contribution in [0.15, 0.2) is 17.3 Å². The van der Waals surface area contributed by atoms with Gasteiger partial charge in [-0.25, -0.2) is 13.2 Å². The van der Waals surface area contributed by atoms with Crippen molar-refractivity contribution in [2.45, 2.75) is 6.92 Å². The second kappa shape index (κ2) is 6.27. The van der Waals surface area contributed by atoms with E-state index >= 15 is 0 Å². The van der Waals surface area contributed by atoms with Crippen LogP contribution in [0.4, 0.5) is 13.2 Å². The Kier molecular flexibility index (Phi) is 4.95. The third kappa shape index (κ3) is 3.40. The van der Waals surface area contributed by atoms with Gasteiger partial charge in [-0.1, -0.05) is 12.1 Å². The smallest absolute Gasteiger partial charge is 0.259 e. The van der Waals surface area contributed by atoms with Crippen molar-refractivity contribution >= 4 is 11.7 Å². The predicted octanol–water partition coefficient (Wildman–Crippen LogP) is 1.56. The Labute approximate surface area is 113 Å². The zero-order chi connectivity index (χ0) is 15.4. The largest absolute Gasteiger partial charge is 0.409 e.